The molecule has 5 heteroatoms. The fourth-order valence-electron chi connectivity index (χ4n) is 1.71. The van der Waals surface area contributed by atoms with Crippen molar-refractivity contribution in [3.63, 3.8) is 0 Å². The standard InChI is InChI=1S/C12H14N2O3/c15-11(10-7-4-8-13-10)14-17-12(16)9-5-2-1-3-6-9/h1-3,5-6,10,13H,4,7-8H2,(H,14,15)/t10-/m0/s1. The largest absolute Gasteiger partial charge is 0.362 e. The molecule has 0 aliphatic carbocycles. The summed E-state index contributed by atoms with van der Waals surface area (Å²) in [6.45, 7) is 0.824. The van der Waals surface area contributed by atoms with Crippen LogP contribution in [-0.4, -0.2) is 24.5 Å². The van der Waals surface area contributed by atoms with E-state index in [0.29, 0.717) is 5.56 Å². The van der Waals surface area contributed by atoms with E-state index in [-0.39, 0.29) is 11.9 Å². The van der Waals surface area contributed by atoms with Gasteiger partial charge in [-0.15, -0.1) is 0 Å². The van der Waals surface area contributed by atoms with Crippen molar-refractivity contribution < 1.29 is 14.4 Å². The van der Waals surface area contributed by atoms with Crippen LogP contribution in [0.15, 0.2) is 30.3 Å². The van der Waals surface area contributed by atoms with E-state index in [4.69, 9.17) is 4.84 Å². The number of nitrogens with one attached hydrogen (secondary N) is 2. The Morgan fingerprint density at radius 2 is 2.06 bits per heavy atom. The van der Waals surface area contributed by atoms with Gasteiger partial charge in [0.15, 0.2) is 0 Å². The first-order chi connectivity index (χ1) is 8.27. The summed E-state index contributed by atoms with van der Waals surface area (Å²) in [5.41, 5.74) is 2.58. The number of benzene rings is 1. The van der Waals surface area contributed by atoms with Crippen molar-refractivity contribution in [3.8, 4) is 0 Å². The van der Waals surface area contributed by atoms with E-state index in [2.05, 4.69) is 10.8 Å². The smallest absolute Gasteiger partial charge is 0.335 e. The lowest BCUT2D eigenvalue weighted by Gasteiger charge is -2.10. The third kappa shape index (κ3) is 3.04. The van der Waals surface area contributed by atoms with Crippen LogP contribution >= 0.6 is 0 Å². The van der Waals surface area contributed by atoms with Gasteiger partial charge in [-0.25, -0.2) is 4.79 Å². The van der Waals surface area contributed by atoms with Crippen LogP contribution in [0.3, 0.4) is 0 Å². The maximum absolute atomic E-state index is 11.5. The molecule has 2 rings (SSSR count). The average molecular weight is 234 g/mol. The molecule has 1 aliphatic heterocycles. The quantitative estimate of drug-likeness (QED) is 0.736. The number of amides is 1. The molecule has 1 heterocycles. The highest BCUT2D eigenvalue weighted by Gasteiger charge is 2.23. The molecule has 17 heavy (non-hydrogen) atoms. The van der Waals surface area contributed by atoms with Crippen molar-refractivity contribution >= 4 is 11.9 Å². The van der Waals surface area contributed by atoms with Gasteiger partial charge in [0, 0.05) is 0 Å². The fourth-order valence-corrected chi connectivity index (χ4v) is 1.71. The van der Waals surface area contributed by atoms with Crippen LogP contribution in [0.4, 0.5) is 0 Å². The zero-order valence-electron chi connectivity index (χ0n) is 9.31. The summed E-state index contributed by atoms with van der Waals surface area (Å²) >= 11 is 0. The SMILES string of the molecule is O=C(ONC(=O)[C@@H]1CCCN1)c1ccccc1. The first-order valence-corrected chi connectivity index (χ1v) is 5.57. The minimum atomic E-state index is -0.558. The number of carbonyl (C=O) groups is 2. The van der Waals surface area contributed by atoms with Crippen LogP contribution in [0.1, 0.15) is 23.2 Å². The van der Waals surface area contributed by atoms with Crippen LogP contribution in [0, 0.1) is 0 Å². The minimum Gasteiger partial charge on any atom is -0.335 e. The molecule has 1 atom stereocenters. The van der Waals surface area contributed by atoms with E-state index in [1.165, 1.54) is 0 Å². The van der Waals surface area contributed by atoms with Crippen LogP contribution in [0.5, 0.6) is 0 Å². The van der Waals surface area contributed by atoms with Crippen LogP contribution in [-0.2, 0) is 9.63 Å². The summed E-state index contributed by atoms with van der Waals surface area (Å²) < 4.78 is 0. The van der Waals surface area contributed by atoms with Gasteiger partial charge in [0.2, 0.25) is 0 Å². The number of rotatable bonds is 2. The second-order valence-corrected chi connectivity index (χ2v) is 3.87. The predicted molar refractivity (Wildman–Crippen MR) is 61.0 cm³/mol. The van der Waals surface area contributed by atoms with Crippen LogP contribution < -0.4 is 10.8 Å². The Hall–Kier alpha value is -1.88. The summed E-state index contributed by atoms with van der Waals surface area (Å²) in [4.78, 5) is 27.8. The Balaban J connectivity index is 1.82. The molecule has 1 aliphatic rings. The molecule has 0 unspecified atom stereocenters. The van der Waals surface area contributed by atoms with Crippen molar-refractivity contribution in [2.45, 2.75) is 18.9 Å². The molecule has 90 valence electrons. The Morgan fingerprint density at radius 1 is 1.29 bits per heavy atom. The van der Waals surface area contributed by atoms with Gasteiger partial charge in [-0.2, -0.15) is 5.48 Å². The van der Waals surface area contributed by atoms with Gasteiger partial charge in [0.25, 0.3) is 5.91 Å². The van der Waals surface area contributed by atoms with E-state index < -0.39 is 5.97 Å². The number of carbonyl (C=O) groups excluding carboxylic acids is 2. The molecule has 1 saturated heterocycles. The molecule has 1 aromatic rings. The monoisotopic (exact) mass is 234 g/mol. The zero-order valence-corrected chi connectivity index (χ0v) is 9.31. The van der Waals surface area contributed by atoms with Crippen molar-refractivity contribution in [1.82, 2.24) is 10.8 Å². The first kappa shape index (κ1) is 11.6. The summed E-state index contributed by atoms with van der Waals surface area (Å²) in [5, 5.41) is 3.02. The van der Waals surface area contributed by atoms with E-state index in [1.807, 2.05) is 0 Å². The highest BCUT2D eigenvalue weighted by atomic mass is 16.7. The highest BCUT2D eigenvalue weighted by molar-refractivity contribution is 5.91. The van der Waals surface area contributed by atoms with Crippen LogP contribution in [0.2, 0.25) is 0 Å². The normalized spacial score (nSPS) is 18.7. The lowest BCUT2D eigenvalue weighted by Crippen LogP contribution is -2.41. The molecule has 0 radical (unpaired) electrons. The van der Waals surface area contributed by atoms with Crippen LogP contribution in [0.25, 0.3) is 0 Å². The van der Waals surface area contributed by atoms with Gasteiger partial charge in [-0.05, 0) is 31.5 Å². The molecular formula is C12H14N2O3. The Kier molecular flexibility index (Phi) is 3.72. The zero-order chi connectivity index (χ0) is 12.1. The van der Waals surface area contributed by atoms with Gasteiger partial charge in [-0.3, -0.25) is 4.79 Å². The minimum absolute atomic E-state index is 0.251. The van der Waals surface area contributed by atoms with E-state index >= 15 is 0 Å². The summed E-state index contributed by atoms with van der Waals surface area (Å²) in [5.74, 6) is -0.858. The van der Waals surface area contributed by atoms with Crippen molar-refractivity contribution in [2.75, 3.05) is 6.54 Å². The van der Waals surface area contributed by atoms with Crippen molar-refractivity contribution in [1.29, 1.82) is 0 Å². The van der Waals surface area contributed by atoms with E-state index in [9.17, 15) is 9.59 Å². The number of hydroxylamine groups is 1. The predicted octanol–water partition coefficient (Wildman–Crippen LogP) is 0.627. The second kappa shape index (κ2) is 5.45. The molecule has 5 nitrogen and oxygen atoms in total. The maximum atomic E-state index is 11.5. The van der Waals surface area contributed by atoms with Gasteiger partial charge in [0.05, 0.1) is 11.6 Å². The number of hydrogen-bond acceptors (Lipinski definition) is 4. The summed E-state index contributed by atoms with van der Waals surface area (Å²) in [6.07, 6.45) is 1.74. The highest BCUT2D eigenvalue weighted by Crippen LogP contribution is 2.05. The average Bonchev–Trinajstić information content (AvgIpc) is 2.90. The van der Waals surface area contributed by atoms with E-state index in [1.54, 1.807) is 30.3 Å². The topological polar surface area (TPSA) is 67.4 Å². The molecule has 0 bridgehead atoms. The lowest BCUT2D eigenvalue weighted by molar-refractivity contribution is -0.131. The summed E-state index contributed by atoms with van der Waals surface area (Å²) in [6, 6.07) is 8.27. The van der Waals surface area contributed by atoms with Crippen molar-refractivity contribution in [2.24, 2.45) is 0 Å². The molecule has 1 fully saturated rings. The van der Waals surface area contributed by atoms with Gasteiger partial charge in [0.1, 0.15) is 0 Å². The first-order valence-electron chi connectivity index (χ1n) is 5.57. The summed E-state index contributed by atoms with van der Waals surface area (Å²) in [7, 11) is 0. The fraction of sp³-hybridized carbons (Fsp3) is 0.333. The molecule has 1 aromatic carbocycles. The maximum Gasteiger partial charge on any atom is 0.362 e. The lowest BCUT2D eigenvalue weighted by atomic mass is 10.2. The Bertz CT molecular complexity index is 399. The van der Waals surface area contributed by atoms with E-state index in [0.717, 1.165) is 19.4 Å². The Morgan fingerprint density at radius 3 is 2.71 bits per heavy atom. The molecule has 2 N–H and O–H groups in total. The van der Waals surface area contributed by atoms with Gasteiger partial charge < -0.3 is 10.2 Å². The third-order valence-electron chi connectivity index (χ3n) is 2.63. The molecular weight excluding hydrogens is 220 g/mol. The third-order valence-corrected chi connectivity index (χ3v) is 2.63. The molecule has 0 aromatic heterocycles. The second-order valence-electron chi connectivity index (χ2n) is 3.87. The van der Waals surface area contributed by atoms with Gasteiger partial charge in [-0.1, -0.05) is 18.2 Å². The Labute approximate surface area is 99.1 Å². The molecule has 1 amide bonds. The van der Waals surface area contributed by atoms with Crippen molar-refractivity contribution in [3.05, 3.63) is 35.9 Å². The molecule has 0 saturated carbocycles. The molecule has 0 spiro atoms. The van der Waals surface area contributed by atoms with Gasteiger partial charge >= 0.3 is 5.97 Å². The number of hydrogen-bond donors (Lipinski definition) is 2.